The Kier molecular flexibility index (Phi) is 5.19. The second-order valence-electron chi connectivity index (χ2n) is 6.62. The molecule has 2 amide bonds. The molecule has 138 valence electrons. The third-order valence-electron chi connectivity index (χ3n) is 4.66. The van der Waals surface area contributed by atoms with Crippen molar-refractivity contribution in [2.24, 2.45) is 0 Å². The van der Waals surface area contributed by atoms with Gasteiger partial charge in [-0.1, -0.05) is 47.5 Å². The molecule has 1 aliphatic heterocycles. The van der Waals surface area contributed by atoms with Gasteiger partial charge in [0, 0.05) is 17.3 Å². The lowest BCUT2D eigenvalue weighted by molar-refractivity contribution is -0.136. The van der Waals surface area contributed by atoms with Crippen molar-refractivity contribution >= 4 is 34.7 Å². The highest BCUT2D eigenvalue weighted by Crippen LogP contribution is 2.34. The lowest BCUT2D eigenvalue weighted by atomic mass is 9.97. The Morgan fingerprint density at radius 3 is 2.52 bits per heavy atom. The van der Waals surface area contributed by atoms with E-state index < -0.39 is 0 Å². The average Bonchev–Trinajstić information content (AvgIpc) is 2.84. The van der Waals surface area contributed by atoms with Gasteiger partial charge in [-0.15, -0.1) is 6.58 Å². The maximum absolute atomic E-state index is 13.0. The van der Waals surface area contributed by atoms with Crippen LogP contribution in [0.5, 0.6) is 0 Å². The number of halogens is 1. The lowest BCUT2D eigenvalue weighted by Crippen LogP contribution is -2.32. The number of anilines is 1. The van der Waals surface area contributed by atoms with Gasteiger partial charge in [-0.2, -0.15) is 0 Å². The predicted octanol–water partition coefficient (Wildman–Crippen LogP) is 4.64. The first-order valence-corrected chi connectivity index (χ1v) is 9.04. The first kappa shape index (κ1) is 18.9. The highest BCUT2D eigenvalue weighted by molar-refractivity contribution is 6.37. The fourth-order valence-corrected chi connectivity index (χ4v) is 3.38. The Balaban J connectivity index is 2.17. The first-order chi connectivity index (χ1) is 12.8. The minimum atomic E-state index is -0.366. The van der Waals surface area contributed by atoms with E-state index in [2.05, 4.69) is 11.9 Å². The van der Waals surface area contributed by atoms with Gasteiger partial charge in [-0.25, -0.2) is 0 Å². The number of hydrogen-bond acceptors (Lipinski definition) is 3. The smallest absolute Gasteiger partial charge is 0.278 e. The van der Waals surface area contributed by atoms with Crippen LogP contribution in [0, 0.1) is 20.8 Å². The summed E-state index contributed by atoms with van der Waals surface area (Å²) in [5.74, 6) is -0.691. The van der Waals surface area contributed by atoms with Gasteiger partial charge in [0.05, 0.1) is 5.57 Å². The van der Waals surface area contributed by atoms with Crippen LogP contribution >= 0.6 is 11.6 Å². The van der Waals surface area contributed by atoms with Gasteiger partial charge in [0.15, 0.2) is 0 Å². The molecule has 27 heavy (non-hydrogen) atoms. The van der Waals surface area contributed by atoms with E-state index in [1.807, 2.05) is 45.0 Å². The summed E-state index contributed by atoms with van der Waals surface area (Å²) < 4.78 is 0. The van der Waals surface area contributed by atoms with Crippen LogP contribution in [-0.4, -0.2) is 23.3 Å². The lowest BCUT2D eigenvalue weighted by Gasteiger charge is -2.13. The fraction of sp³-hybridized carbons (Fsp3) is 0.182. The molecule has 4 nitrogen and oxygen atoms in total. The van der Waals surface area contributed by atoms with Crippen LogP contribution in [-0.2, 0) is 9.59 Å². The molecule has 1 N–H and O–H groups in total. The standard InChI is InChI=1S/C22H21ClN2O2/c1-5-11-25-21(26)19(16-10-9-13(2)12-14(16)3)20(22(25)27)24-18-8-6-7-17(23)15(18)4/h5-10,12,24H,1,11H2,2-4H3. The molecule has 2 aromatic rings. The van der Waals surface area contributed by atoms with Crippen LogP contribution < -0.4 is 5.32 Å². The zero-order valence-corrected chi connectivity index (χ0v) is 16.4. The van der Waals surface area contributed by atoms with E-state index in [-0.39, 0.29) is 24.1 Å². The van der Waals surface area contributed by atoms with Crippen molar-refractivity contribution < 1.29 is 9.59 Å². The largest absolute Gasteiger partial charge is 0.350 e. The number of nitrogens with zero attached hydrogens (tertiary/aromatic N) is 1. The van der Waals surface area contributed by atoms with Crippen molar-refractivity contribution in [2.45, 2.75) is 20.8 Å². The van der Waals surface area contributed by atoms with E-state index in [1.165, 1.54) is 4.90 Å². The molecule has 5 heteroatoms. The summed E-state index contributed by atoms with van der Waals surface area (Å²) in [6.07, 6.45) is 1.54. The molecule has 0 aliphatic carbocycles. The SMILES string of the molecule is C=CCN1C(=O)C(Nc2cccc(Cl)c2C)=C(c2ccc(C)cc2C)C1=O. The summed E-state index contributed by atoms with van der Waals surface area (Å²) in [7, 11) is 0. The van der Waals surface area contributed by atoms with Crippen LogP contribution in [0.15, 0.2) is 54.8 Å². The second-order valence-corrected chi connectivity index (χ2v) is 7.02. The maximum Gasteiger partial charge on any atom is 0.278 e. The van der Waals surface area contributed by atoms with Gasteiger partial charge in [0.25, 0.3) is 11.8 Å². The summed E-state index contributed by atoms with van der Waals surface area (Å²) >= 11 is 6.21. The summed E-state index contributed by atoms with van der Waals surface area (Å²) in [6.45, 7) is 9.60. The molecule has 0 radical (unpaired) electrons. The Morgan fingerprint density at radius 1 is 1.11 bits per heavy atom. The Hall–Kier alpha value is -2.85. The number of aryl methyl sites for hydroxylation is 2. The molecule has 1 aliphatic rings. The first-order valence-electron chi connectivity index (χ1n) is 8.66. The summed E-state index contributed by atoms with van der Waals surface area (Å²) in [6, 6.07) is 11.2. The molecule has 0 spiro atoms. The van der Waals surface area contributed by atoms with Crippen molar-refractivity contribution in [3.05, 3.63) is 82.0 Å². The van der Waals surface area contributed by atoms with Crippen LogP contribution in [0.4, 0.5) is 5.69 Å². The molecule has 0 bridgehead atoms. The number of carbonyl (C=O) groups is 2. The minimum Gasteiger partial charge on any atom is -0.350 e. The van der Waals surface area contributed by atoms with E-state index in [4.69, 9.17) is 11.6 Å². The molecular weight excluding hydrogens is 360 g/mol. The molecule has 0 atom stereocenters. The molecule has 0 saturated carbocycles. The summed E-state index contributed by atoms with van der Waals surface area (Å²) in [5.41, 5.74) is 4.92. The number of benzene rings is 2. The number of amides is 2. The molecular formula is C22H21ClN2O2. The quantitative estimate of drug-likeness (QED) is 0.607. The number of hydrogen-bond donors (Lipinski definition) is 1. The Bertz CT molecular complexity index is 992. The second kappa shape index (κ2) is 7.41. The maximum atomic E-state index is 13.0. The molecule has 0 unspecified atom stereocenters. The molecule has 0 aromatic heterocycles. The van der Waals surface area contributed by atoms with Gasteiger partial charge >= 0.3 is 0 Å². The van der Waals surface area contributed by atoms with Gasteiger partial charge in [0.2, 0.25) is 0 Å². The monoisotopic (exact) mass is 380 g/mol. The van der Waals surface area contributed by atoms with Crippen molar-refractivity contribution in [3.8, 4) is 0 Å². The Labute approximate surface area is 164 Å². The topological polar surface area (TPSA) is 49.4 Å². The van der Waals surface area contributed by atoms with E-state index in [9.17, 15) is 9.59 Å². The normalized spacial score (nSPS) is 14.1. The van der Waals surface area contributed by atoms with Crippen LogP contribution in [0.1, 0.15) is 22.3 Å². The third-order valence-corrected chi connectivity index (χ3v) is 5.07. The van der Waals surface area contributed by atoms with Crippen LogP contribution in [0.25, 0.3) is 5.57 Å². The number of nitrogens with one attached hydrogen (secondary N) is 1. The van der Waals surface area contributed by atoms with E-state index in [0.717, 1.165) is 22.3 Å². The summed E-state index contributed by atoms with van der Waals surface area (Å²) in [4.78, 5) is 27.2. The molecule has 0 saturated heterocycles. The van der Waals surface area contributed by atoms with E-state index in [1.54, 1.807) is 18.2 Å². The van der Waals surface area contributed by atoms with Crippen LogP contribution in [0.3, 0.4) is 0 Å². The highest BCUT2D eigenvalue weighted by Gasteiger charge is 2.39. The highest BCUT2D eigenvalue weighted by atomic mass is 35.5. The third kappa shape index (κ3) is 3.40. The van der Waals surface area contributed by atoms with Crippen molar-refractivity contribution in [3.63, 3.8) is 0 Å². The van der Waals surface area contributed by atoms with Gasteiger partial charge < -0.3 is 5.32 Å². The Morgan fingerprint density at radius 2 is 1.85 bits per heavy atom. The molecule has 2 aromatic carbocycles. The molecule has 1 heterocycles. The predicted molar refractivity (Wildman–Crippen MR) is 110 cm³/mol. The minimum absolute atomic E-state index is 0.159. The van der Waals surface area contributed by atoms with E-state index >= 15 is 0 Å². The van der Waals surface area contributed by atoms with Crippen LogP contribution in [0.2, 0.25) is 5.02 Å². The number of carbonyl (C=O) groups excluding carboxylic acids is 2. The average molecular weight is 381 g/mol. The zero-order chi connectivity index (χ0) is 19.7. The molecule has 0 fully saturated rings. The van der Waals surface area contributed by atoms with Gasteiger partial charge in [-0.05, 0) is 49.6 Å². The van der Waals surface area contributed by atoms with Gasteiger partial charge in [-0.3, -0.25) is 14.5 Å². The number of rotatable bonds is 5. The van der Waals surface area contributed by atoms with Crippen molar-refractivity contribution in [1.82, 2.24) is 4.90 Å². The fourth-order valence-electron chi connectivity index (χ4n) is 3.21. The van der Waals surface area contributed by atoms with Crippen molar-refractivity contribution in [1.29, 1.82) is 0 Å². The summed E-state index contributed by atoms with van der Waals surface area (Å²) in [5, 5.41) is 3.75. The zero-order valence-electron chi connectivity index (χ0n) is 15.6. The van der Waals surface area contributed by atoms with E-state index in [0.29, 0.717) is 16.3 Å². The van der Waals surface area contributed by atoms with Gasteiger partial charge in [0.1, 0.15) is 5.70 Å². The number of imide groups is 1. The van der Waals surface area contributed by atoms with Crippen molar-refractivity contribution in [2.75, 3.05) is 11.9 Å². The molecule has 3 rings (SSSR count).